The summed E-state index contributed by atoms with van der Waals surface area (Å²) in [5, 5.41) is 12.3. The third-order valence-electron chi connectivity index (χ3n) is 10.7. The van der Waals surface area contributed by atoms with Gasteiger partial charge in [-0.15, -0.1) is 0 Å². The molecule has 1 aromatic heterocycles. The Labute approximate surface area is 198 Å². The van der Waals surface area contributed by atoms with Gasteiger partial charge in [0.15, 0.2) is 5.96 Å². The van der Waals surface area contributed by atoms with Crippen LogP contribution in [0, 0.1) is 28.6 Å². The van der Waals surface area contributed by atoms with Gasteiger partial charge in [-0.05, 0) is 105 Å². The molecule has 6 heteroatoms. The summed E-state index contributed by atoms with van der Waals surface area (Å²) >= 11 is 0. The molecule has 0 saturated heterocycles. The van der Waals surface area contributed by atoms with E-state index in [1.807, 2.05) is 13.2 Å². The summed E-state index contributed by atoms with van der Waals surface area (Å²) in [7, 11) is 0. The fourth-order valence-electron chi connectivity index (χ4n) is 8.91. The molecule has 4 unspecified atom stereocenters. The van der Waals surface area contributed by atoms with Crippen molar-refractivity contribution in [2.24, 2.45) is 45.0 Å². The Hall–Kier alpha value is -1.53. The quantitative estimate of drug-likeness (QED) is 0.443. The summed E-state index contributed by atoms with van der Waals surface area (Å²) in [6, 6.07) is 2.11. The Balaban J connectivity index is 1.29. The third kappa shape index (κ3) is 3.63. The topological polar surface area (TPSA) is 107 Å². The maximum absolute atomic E-state index is 12.3. The van der Waals surface area contributed by atoms with Gasteiger partial charge in [0.1, 0.15) is 0 Å². The molecule has 0 amide bonds. The number of fused-ring (bicyclic) bond motifs is 5. The molecule has 4 aliphatic rings. The first kappa shape index (κ1) is 23.2. The van der Waals surface area contributed by atoms with Gasteiger partial charge in [0.05, 0.1) is 36.9 Å². The molecule has 4 fully saturated rings. The first-order chi connectivity index (χ1) is 15.7. The van der Waals surface area contributed by atoms with E-state index < -0.39 is 5.60 Å². The van der Waals surface area contributed by atoms with E-state index in [1.54, 1.807) is 6.26 Å². The van der Waals surface area contributed by atoms with Gasteiger partial charge < -0.3 is 25.7 Å². The van der Waals surface area contributed by atoms with Crippen LogP contribution < -0.4 is 11.5 Å². The first-order valence-corrected chi connectivity index (χ1v) is 13.1. The highest BCUT2D eigenvalue weighted by molar-refractivity contribution is 5.75. The van der Waals surface area contributed by atoms with Crippen molar-refractivity contribution in [1.29, 1.82) is 0 Å². The van der Waals surface area contributed by atoms with Gasteiger partial charge in [0, 0.05) is 5.41 Å². The van der Waals surface area contributed by atoms with Crippen LogP contribution in [-0.2, 0) is 4.74 Å². The molecule has 6 nitrogen and oxygen atoms in total. The zero-order valence-electron chi connectivity index (χ0n) is 20.6. The van der Waals surface area contributed by atoms with Crippen molar-refractivity contribution < 1.29 is 14.3 Å². The van der Waals surface area contributed by atoms with Gasteiger partial charge in [-0.25, -0.2) is 4.99 Å². The van der Waals surface area contributed by atoms with Crippen LogP contribution in [0.3, 0.4) is 0 Å². The van der Waals surface area contributed by atoms with E-state index in [2.05, 4.69) is 24.9 Å². The molecule has 4 saturated carbocycles. The maximum atomic E-state index is 12.3. The molecular formula is C27H43N3O3. The summed E-state index contributed by atoms with van der Waals surface area (Å²) in [5.74, 6) is 2.23. The number of guanidine groups is 1. The molecule has 0 aromatic carbocycles. The molecule has 0 aliphatic heterocycles. The highest BCUT2D eigenvalue weighted by Crippen LogP contribution is 2.70. The molecule has 5 rings (SSSR count). The van der Waals surface area contributed by atoms with Crippen molar-refractivity contribution in [3.8, 4) is 0 Å². The number of hydrogen-bond donors (Lipinski definition) is 3. The van der Waals surface area contributed by atoms with E-state index in [0.717, 1.165) is 38.5 Å². The van der Waals surface area contributed by atoms with Crippen molar-refractivity contribution in [2.45, 2.75) is 102 Å². The lowest BCUT2D eigenvalue weighted by Gasteiger charge is -2.63. The number of nitrogens with zero attached hydrogens (tertiary/aromatic N) is 1. The molecule has 33 heavy (non-hydrogen) atoms. The van der Waals surface area contributed by atoms with Gasteiger partial charge >= 0.3 is 0 Å². The van der Waals surface area contributed by atoms with Gasteiger partial charge in [0.25, 0.3) is 0 Å². The number of rotatable bonds is 5. The van der Waals surface area contributed by atoms with Gasteiger partial charge in [0.2, 0.25) is 0 Å². The predicted octanol–water partition coefficient (Wildman–Crippen LogP) is 4.57. The first-order valence-electron chi connectivity index (χ1n) is 13.1. The second kappa shape index (κ2) is 8.30. The summed E-state index contributed by atoms with van der Waals surface area (Å²) in [6.45, 7) is 7.47. The third-order valence-corrected chi connectivity index (χ3v) is 10.7. The van der Waals surface area contributed by atoms with Crippen LogP contribution in [0.5, 0.6) is 0 Å². The van der Waals surface area contributed by atoms with Crippen molar-refractivity contribution in [2.75, 3.05) is 6.61 Å². The molecule has 1 aromatic rings. The lowest BCUT2D eigenvalue weighted by molar-refractivity contribution is -0.207. The summed E-state index contributed by atoms with van der Waals surface area (Å²) in [5.41, 5.74) is 12.0. The molecule has 184 valence electrons. The van der Waals surface area contributed by atoms with Crippen molar-refractivity contribution in [1.82, 2.24) is 0 Å². The summed E-state index contributed by atoms with van der Waals surface area (Å²) in [6.07, 6.45) is 14.1. The number of nitrogens with two attached hydrogens (primary N) is 2. The monoisotopic (exact) mass is 457 g/mol. The van der Waals surface area contributed by atoms with Crippen molar-refractivity contribution in [3.63, 3.8) is 0 Å². The average molecular weight is 458 g/mol. The molecule has 0 bridgehead atoms. The molecule has 0 spiro atoms. The zero-order valence-corrected chi connectivity index (χ0v) is 20.6. The minimum absolute atomic E-state index is 0.00476. The molecule has 4 aliphatic carbocycles. The minimum atomic E-state index is -0.561. The second-order valence-electron chi connectivity index (χ2n) is 12.2. The normalized spacial score (nSPS) is 45.5. The number of aliphatic imine (C=N–C) groups is 1. The van der Waals surface area contributed by atoms with Crippen LogP contribution >= 0.6 is 0 Å². The highest BCUT2D eigenvalue weighted by atomic mass is 16.5. The van der Waals surface area contributed by atoms with Crippen LogP contribution in [-0.4, -0.2) is 35.4 Å². The Morgan fingerprint density at radius 3 is 2.70 bits per heavy atom. The fourth-order valence-corrected chi connectivity index (χ4v) is 8.91. The Kier molecular flexibility index (Phi) is 5.84. The number of ether oxygens (including phenoxy) is 1. The second-order valence-corrected chi connectivity index (χ2v) is 12.2. The van der Waals surface area contributed by atoms with Gasteiger partial charge in [-0.1, -0.05) is 13.8 Å². The highest BCUT2D eigenvalue weighted by Gasteiger charge is 2.67. The predicted molar refractivity (Wildman–Crippen MR) is 130 cm³/mol. The van der Waals surface area contributed by atoms with Crippen molar-refractivity contribution in [3.05, 3.63) is 24.2 Å². The van der Waals surface area contributed by atoms with Crippen LogP contribution in [0.1, 0.15) is 90.0 Å². The van der Waals surface area contributed by atoms with E-state index in [4.69, 9.17) is 20.6 Å². The summed E-state index contributed by atoms with van der Waals surface area (Å²) < 4.78 is 11.7. The van der Waals surface area contributed by atoms with Crippen molar-refractivity contribution >= 4 is 5.96 Å². The molecule has 9 atom stereocenters. The van der Waals surface area contributed by atoms with E-state index in [0.29, 0.717) is 41.8 Å². The van der Waals surface area contributed by atoms with E-state index in [9.17, 15) is 5.11 Å². The van der Waals surface area contributed by atoms with E-state index >= 15 is 0 Å². The largest absolute Gasteiger partial charge is 0.472 e. The Morgan fingerprint density at radius 2 is 1.97 bits per heavy atom. The molecule has 5 N–H and O–H groups in total. The van der Waals surface area contributed by atoms with E-state index in [-0.39, 0.29) is 17.4 Å². The van der Waals surface area contributed by atoms with Crippen LogP contribution in [0.2, 0.25) is 0 Å². The standard InChI is InChI=1S/C27H43N3O3/c1-17(30-24(28)29)15-33-20-6-10-25(2)19(14-20)4-5-23-22(25)7-11-26(3)21(8-12-27(23,26)31)18-9-13-32-16-18/h9,13,16-17,19-23,31H,4-8,10-12,14-15H2,1-3H3,(H4,28,29,30)/t17?,19?,20?,21?,22-,23-,25+,26-,27-/m1/s1. The lowest BCUT2D eigenvalue weighted by Crippen LogP contribution is -2.62. The number of furan rings is 1. The summed E-state index contributed by atoms with van der Waals surface area (Å²) in [4.78, 5) is 4.19. The number of aliphatic hydroxyl groups is 1. The molecule has 1 heterocycles. The molecule has 0 radical (unpaired) electrons. The average Bonchev–Trinajstić information content (AvgIpc) is 3.37. The maximum Gasteiger partial charge on any atom is 0.186 e. The smallest absolute Gasteiger partial charge is 0.186 e. The Morgan fingerprint density at radius 1 is 1.15 bits per heavy atom. The van der Waals surface area contributed by atoms with Gasteiger partial charge in [-0.3, -0.25) is 0 Å². The van der Waals surface area contributed by atoms with Crippen LogP contribution in [0.25, 0.3) is 0 Å². The minimum Gasteiger partial charge on any atom is -0.472 e. The molecular weight excluding hydrogens is 414 g/mol. The van der Waals surface area contributed by atoms with E-state index in [1.165, 1.54) is 24.8 Å². The lowest BCUT2D eigenvalue weighted by atomic mass is 9.43. The SMILES string of the molecule is CC(COC1CC[C@@]2(C)C(CC[C@@H]3[C@H]2CC[C@]2(C)C(c4ccoc4)CC[C@@]32O)C1)N=C(N)N. The fraction of sp³-hybridized carbons (Fsp3) is 0.815. The van der Waals surface area contributed by atoms with Crippen LogP contribution in [0.15, 0.2) is 28.0 Å². The number of hydrogen-bond acceptors (Lipinski definition) is 4. The zero-order chi connectivity index (χ0) is 23.4. The van der Waals surface area contributed by atoms with Gasteiger partial charge in [-0.2, -0.15) is 0 Å². The van der Waals surface area contributed by atoms with Crippen LogP contribution in [0.4, 0.5) is 0 Å². The Bertz CT molecular complexity index is 868.